The number of benzene rings is 3. The number of rotatable bonds is 5. The van der Waals surface area contributed by atoms with E-state index in [1.807, 2.05) is 35.2 Å². The Morgan fingerprint density at radius 2 is 1.72 bits per heavy atom. The van der Waals surface area contributed by atoms with E-state index in [9.17, 15) is 9.59 Å². The summed E-state index contributed by atoms with van der Waals surface area (Å²) in [4.78, 5) is 34.7. The minimum absolute atomic E-state index is 0.129. The molecule has 3 aromatic carbocycles. The molecule has 1 aliphatic heterocycles. The van der Waals surface area contributed by atoms with Crippen LogP contribution in [0.3, 0.4) is 0 Å². The maximum atomic E-state index is 13.1. The Labute approximate surface area is 186 Å². The second-order valence-corrected chi connectivity index (χ2v) is 8.32. The maximum Gasteiger partial charge on any atom is 0.258 e. The minimum atomic E-state index is -0.129. The molecule has 0 aliphatic carbocycles. The lowest BCUT2D eigenvalue weighted by Crippen LogP contribution is -2.38. The van der Waals surface area contributed by atoms with Gasteiger partial charge >= 0.3 is 0 Å². The van der Waals surface area contributed by atoms with Gasteiger partial charge in [-0.15, -0.1) is 0 Å². The summed E-state index contributed by atoms with van der Waals surface area (Å²) in [5.41, 5.74) is 4.31. The van der Waals surface area contributed by atoms with Gasteiger partial charge in [0.2, 0.25) is 5.91 Å². The Bertz CT molecular complexity index is 1310. The van der Waals surface area contributed by atoms with Crippen LogP contribution in [0.5, 0.6) is 0 Å². The lowest BCUT2D eigenvalue weighted by Gasteiger charge is -2.35. The first-order valence-electron chi connectivity index (χ1n) is 11.1. The van der Waals surface area contributed by atoms with Crippen molar-refractivity contribution in [2.45, 2.75) is 31.7 Å². The van der Waals surface area contributed by atoms with Crippen molar-refractivity contribution in [3.8, 4) is 0 Å². The van der Waals surface area contributed by atoms with E-state index in [-0.39, 0.29) is 17.4 Å². The number of nitrogens with one attached hydrogen (secondary N) is 1. The fourth-order valence-corrected chi connectivity index (χ4v) is 4.59. The van der Waals surface area contributed by atoms with Crippen LogP contribution in [-0.4, -0.2) is 27.3 Å². The van der Waals surface area contributed by atoms with Crippen LogP contribution in [0.1, 0.15) is 41.3 Å². The Morgan fingerprint density at radius 1 is 0.969 bits per heavy atom. The van der Waals surface area contributed by atoms with Crippen LogP contribution in [0.4, 0.5) is 0 Å². The van der Waals surface area contributed by atoms with Gasteiger partial charge in [-0.1, -0.05) is 66.7 Å². The number of carbonyl (C=O) groups excluding carboxylic acids is 1. The Kier molecular flexibility index (Phi) is 5.55. The summed E-state index contributed by atoms with van der Waals surface area (Å²) in [5, 5.41) is 0.589. The van der Waals surface area contributed by atoms with Gasteiger partial charge in [0.25, 0.3) is 5.56 Å². The highest BCUT2D eigenvalue weighted by molar-refractivity contribution is 5.77. The fourth-order valence-electron chi connectivity index (χ4n) is 4.59. The quantitative estimate of drug-likeness (QED) is 0.517. The first kappa shape index (κ1) is 20.2. The van der Waals surface area contributed by atoms with Crippen LogP contribution < -0.4 is 5.56 Å². The first-order chi connectivity index (χ1) is 15.7. The standard InChI is InChI=1S/C27H25N3O2/c31-26(16-8-15-25-28-24-14-7-6-13-22(24)27(32)29-25)30-17-20-11-4-5-12-21(20)23(18-30)19-9-2-1-3-10-19/h1-7,9-14,23H,8,15-18H2,(H,28,29,32). The van der Waals surface area contributed by atoms with Crippen molar-refractivity contribution in [2.75, 3.05) is 6.54 Å². The number of hydrogen-bond donors (Lipinski definition) is 1. The molecule has 1 N–H and O–H groups in total. The zero-order valence-electron chi connectivity index (χ0n) is 17.8. The Morgan fingerprint density at radius 3 is 2.59 bits per heavy atom. The smallest absolute Gasteiger partial charge is 0.258 e. The largest absolute Gasteiger partial charge is 0.337 e. The molecule has 5 heteroatoms. The van der Waals surface area contributed by atoms with E-state index in [1.54, 1.807) is 6.07 Å². The summed E-state index contributed by atoms with van der Waals surface area (Å²) < 4.78 is 0. The molecule has 1 atom stereocenters. The number of para-hydroxylation sites is 1. The average molecular weight is 424 g/mol. The van der Waals surface area contributed by atoms with Gasteiger partial charge in [-0.05, 0) is 35.2 Å². The van der Waals surface area contributed by atoms with Crippen molar-refractivity contribution in [2.24, 2.45) is 0 Å². The molecule has 0 saturated heterocycles. The van der Waals surface area contributed by atoms with Crippen LogP contribution in [-0.2, 0) is 17.8 Å². The molecule has 0 fully saturated rings. The van der Waals surface area contributed by atoms with Crippen LogP contribution in [0.2, 0.25) is 0 Å². The highest BCUT2D eigenvalue weighted by atomic mass is 16.2. The molecule has 0 bridgehead atoms. The third-order valence-corrected chi connectivity index (χ3v) is 6.22. The van der Waals surface area contributed by atoms with E-state index in [2.05, 4.69) is 52.4 Å². The molecule has 1 aliphatic rings. The maximum absolute atomic E-state index is 13.1. The number of aromatic nitrogens is 2. The molecule has 5 rings (SSSR count). The lowest BCUT2D eigenvalue weighted by molar-refractivity contribution is -0.132. The van der Waals surface area contributed by atoms with Gasteiger partial charge in [0.15, 0.2) is 0 Å². The van der Waals surface area contributed by atoms with Crippen molar-refractivity contribution < 1.29 is 4.79 Å². The van der Waals surface area contributed by atoms with Crippen LogP contribution in [0, 0.1) is 0 Å². The Balaban J connectivity index is 1.28. The van der Waals surface area contributed by atoms with E-state index in [0.29, 0.717) is 49.1 Å². The molecular formula is C27H25N3O2. The molecule has 5 nitrogen and oxygen atoms in total. The molecule has 1 amide bonds. The highest BCUT2D eigenvalue weighted by Crippen LogP contribution is 2.33. The molecule has 0 saturated carbocycles. The zero-order chi connectivity index (χ0) is 21.9. The molecule has 1 unspecified atom stereocenters. The van der Waals surface area contributed by atoms with Crippen molar-refractivity contribution in [1.29, 1.82) is 0 Å². The third-order valence-electron chi connectivity index (χ3n) is 6.22. The molecule has 2 heterocycles. The second-order valence-electron chi connectivity index (χ2n) is 8.32. The second kappa shape index (κ2) is 8.79. The van der Waals surface area contributed by atoms with Gasteiger partial charge < -0.3 is 9.88 Å². The number of amides is 1. The number of aromatic amines is 1. The zero-order valence-corrected chi connectivity index (χ0v) is 17.8. The minimum Gasteiger partial charge on any atom is -0.337 e. The van der Waals surface area contributed by atoms with Gasteiger partial charge in [0, 0.05) is 31.8 Å². The highest BCUT2D eigenvalue weighted by Gasteiger charge is 2.28. The number of nitrogens with zero attached hydrogens (tertiary/aromatic N) is 2. The summed E-state index contributed by atoms with van der Waals surface area (Å²) in [6, 6.07) is 26.1. The van der Waals surface area contributed by atoms with E-state index in [1.165, 1.54) is 16.7 Å². The monoisotopic (exact) mass is 423 g/mol. The first-order valence-corrected chi connectivity index (χ1v) is 11.1. The molecule has 1 aromatic heterocycles. The molecule has 4 aromatic rings. The summed E-state index contributed by atoms with van der Waals surface area (Å²) in [6.45, 7) is 1.33. The third kappa shape index (κ3) is 4.06. The topological polar surface area (TPSA) is 66.1 Å². The summed E-state index contributed by atoms with van der Waals surface area (Å²) in [5.74, 6) is 0.958. The molecule has 0 radical (unpaired) electrons. The van der Waals surface area contributed by atoms with E-state index in [4.69, 9.17) is 0 Å². The number of fused-ring (bicyclic) bond motifs is 2. The van der Waals surface area contributed by atoms with Gasteiger partial charge in [-0.25, -0.2) is 4.98 Å². The molecule has 32 heavy (non-hydrogen) atoms. The molecular weight excluding hydrogens is 398 g/mol. The van der Waals surface area contributed by atoms with Crippen molar-refractivity contribution in [3.05, 3.63) is 112 Å². The number of carbonyl (C=O) groups is 1. The predicted molar refractivity (Wildman–Crippen MR) is 125 cm³/mol. The van der Waals surface area contributed by atoms with Crippen LogP contribution >= 0.6 is 0 Å². The van der Waals surface area contributed by atoms with Crippen LogP contribution in [0.25, 0.3) is 10.9 Å². The molecule has 0 spiro atoms. The summed E-state index contributed by atoms with van der Waals surface area (Å²) >= 11 is 0. The fraction of sp³-hybridized carbons (Fsp3) is 0.222. The number of aryl methyl sites for hydroxylation is 1. The van der Waals surface area contributed by atoms with Crippen molar-refractivity contribution >= 4 is 16.8 Å². The lowest BCUT2D eigenvalue weighted by atomic mass is 9.84. The average Bonchev–Trinajstić information content (AvgIpc) is 2.84. The Hall–Kier alpha value is -3.73. The predicted octanol–water partition coefficient (Wildman–Crippen LogP) is 4.42. The van der Waals surface area contributed by atoms with E-state index >= 15 is 0 Å². The van der Waals surface area contributed by atoms with Gasteiger partial charge in [-0.3, -0.25) is 9.59 Å². The summed E-state index contributed by atoms with van der Waals surface area (Å²) in [6.07, 6.45) is 1.65. The van der Waals surface area contributed by atoms with Crippen LogP contribution in [0.15, 0.2) is 83.7 Å². The molecule has 160 valence electrons. The van der Waals surface area contributed by atoms with Crippen molar-refractivity contribution in [3.63, 3.8) is 0 Å². The number of H-pyrrole nitrogens is 1. The van der Waals surface area contributed by atoms with E-state index in [0.717, 1.165) is 0 Å². The number of hydrogen-bond acceptors (Lipinski definition) is 3. The normalized spacial score (nSPS) is 15.5. The summed E-state index contributed by atoms with van der Waals surface area (Å²) in [7, 11) is 0. The van der Waals surface area contributed by atoms with Crippen molar-refractivity contribution in [1.82, 2.24) is 14.9 Å². The van der Waals surface area contributed by atoms with Gasteiger partial charge in [-0.2, -0.15) is 0 Å². The van der Waals surface area contributed by atoms with Gasteiger partial charge in [0.05, 0.1) is 10.9 Å². The van der Waals surface area contributed by atoms with Gasteiger partial charge in [0.1, 0.15) is 5.82 Å². The SMILES string of the molecule is O=C(CCCc1nc2ccccc2c(=O)[nH]1)N1Cc2ccccc2C(c2ccccc2)C1. The van der Waals surface area contributed by atoms with E-state index < -0.39 is 0 Å².